The lowest BCUT2D eigenvalue weighted by Gasteiger charge is -2.36. The van der Waals surface area contributed by atoms with Gasteiger partial charge >= 0.3 is 0 Å². The molecular weight excluding hydrogens is 330 g/mol. The van der Waals surface area contributed by atoms with Crippen LogP contribution in [0.1, 0.15) is 16.8 Å². The summed E-state index contributed by atoms with van der Waals surface area (Å²) in [4.78, 5) is 16.9. The van der Waals surface area contributed by atoms with Crippen LogP contribution in [-0.4, -0.2) is 48.0 Å². The van der Waals surface area contributed by atoms with Crippen molar-refractivity contribution in [2.75, 3.05) is 38.2 Å². The standard InChI is InChI=1S/C19H23N5O2/c1-14-15(2)21-24(19(25)18(14)12-20)13-22-8-10-23(11-9-22)16-4-6-17(26-3)7-5-16/h4-7H,8-11,13H2,1-3H3. The van der Waals surface area contributed by atoms with Crippen LogP contribution in [0.2, 0.25) is 0 Å². The van der Waals surface area contributed by atoms with Crippen LogP contribution in [0.25, 0.3) is 0 Å². The Morgan fingerprint density at radius 2 is 1.81 bits per heavy atom. The fourth-order valence-corrected chi connectivity index (χ4v) is 3.13. The van der Waals surface area contributed by atoms with Gasteiger partial charge in [0.15, 0.2) is 0 Å². The summed E-state index contributed by atoms with van der Waals surface area (Å²) in [5.74, 6) is 0.848. The molecule has 1 saturated heterocycles. The molecule has 0 amide bonds. The maximum absolute atomic E-state index is 12.4. The number of aryl methyl sites for hydroxylation is 1. The highest BCUT2D eigenvalue weighted by Crippen LogP contribution is 2.20. The lowest BCUT2D eigenvalue weighted by atomic mass is 10.1. The first-order chi connectivity index (χ1) is 12.5. The van der Waals surface area contributed by atoms with Crippen molar-refractivity contribution in [3.05, 3.63) is 51.4 Å². The van der Waals surface area contributed by atoms with Crippen molar-refractivity contribution in [3.8, 4) is 11.8 Å². The van der Waals surface area contributed by atoms with E-state index in [1.165, 1.54) is 10.4 Å². The van der Waals surface area contributed by atoms with Crippen molar-refractivity contribution < 1.29 is 4.74 Å². The van der Waals surface area contributed by atoms with E-state index in [1.807, 2.05) is 25.1 Å². The minimum Gasteiger partial charge on any atom is -0.497 e. The first-order valence-electron chi connectivity index (χ1n) is 8.63. The van der Waals surface area contributed by atoms with Crippen molar-refractivity contribution in [1.29, 1.82) is 5.26 Å². The van der Waals surface area contributed by atoms with E-state index >= 15 is 0 Å². The number of hydrogen-bond donors (Lipinski definition) is 0. The average Bonchev–Trinajstić information content (AvgIpc) is 2.67. The van der Waals surface area contributed by atoms with Crippen LogP contribution in [0.4, 0.5) is 5.69 Å². The molecule has 26 heavy (non-hydrogen) atoms. The predicted molar refractivity (Wildman–Crippen MR) is 99.5 cm³/mol. The van der Waals surface area contributed by atoms with E-state index in [0.29, 0.717) is 12.2 Å². The van der Waals surface area contributed by atoms with Crippen LogP contribution in [-0.2, 0) is 6.67 Å². The van der Waals surface area contributed by atoms with Gasteiger partial charge in [-0.1, -0.05) is 0 Å². The second-order valence-electron chi connectivity index (χ2n) is 6.45. The summed E-state index contributed by atoms with van der Waals surface area (Å²) in [6.07, 6.45) is 0. The third kappa shape index (κ3) is 3.55. The van der Waals surface area contributed by atoms with Crippen LogP contribution in [0.5, 0.6) is 5.75 Å². The van der Waals surface area contributed by atoms with Gasteiger partial charge in [-0.15, -0.1) is 0 Å². The molecule has 0 radical (unpaired) electrons. The molecule has 1 aliphatic rings. The quantitative estimate of drug-likeness (QED) is 0.830. The Hall–Kier alpha value is -2.85. The van der Waals surface area contributed by atoms with E-state index in [4.69, 9.17) is 4.74 Å². The van der Waals surface area contributed by atoms with Gasteiger partial charge in [-0.05, 0) is 43.7 Å². The van der Waals surface area contributed by atoms with Gasteiger partial charge in [-0.25, -0.2) is 4.68 Å². The lowest BCUT2D eigenvalue weighted by molar-refractivity contribution is 0.190. The summed E-state index contributed by atoms with van der Waals surface area (Å²) < 4.78 is 6.61. The number of rotatable bonds is 4. The van der Waals surface area contributed by atoms with Crippen LogP contribution >= 0.6 is 0 Å². The first kappa shape index (κ1) is 18.0. The number of methoxy groups -OCH3 is 1. The summed E-state index contributed by atoms with van der Waals surface area (Å²) in [5.41, 5.74) is 2.43. The van der Waals surface area contributed by atoms with E-state index in [0.717, 1.165) is 37.6 Å². The maximum Gasteiger partial charge on any atom is 0.286 e. The fourth-order valence-electron chi connectivity index (χ4n) is 3.13. The molecule has 136 valence electrons. The molecule has 2 heterocycles. The topological polar surface area (TPSA) is 74.4 Å². The Kier molecular flexibility index (Phi) is 5.24. The summed E-state index contributed by atoms with van der Waals surface area (Å²) >= 11 is 0. The molecule has 0 unspecified atom stereocenters. The Morgan fingerprint density at radius 1 is 1.15 bits per heavy atom. The Bertz CT molecular complexity index is 875. The van der Waals surface area contributed by atoms with Crippen molar-refractivity contribution in [1.82, 2.24) is 14.7 Å². The van der Waals surface area contributed by atoms with Crippen molar-refractivity contribution in [2.45, 2.75) is 20.5 Å². The summed E-state index contributed by atoms with van der Waals surface area (Å²) in [7, 11) is 1.66. The third-order valence-electron chi connectivity index (χ3n) is 4.89. The lowest BCUT2D eigenvalue weighted by Crippen LogP contribution is -2.48. The smallest absolute Gasteiger partial charge is 0.286 e. The second kappa shape index (κ2) is 7.58. The Morgan fingerprint density at radius 3 is 2.38 bits per heavy atom. The summed E-state index contributed by atoms with van der Waals surface area (Å²) in [6, 6.07) is 10.1. The van der Waals surface area contributed by atoms with Crippen LogP contribution < -0.4 is 15.2 Å². The number of nitrogens with zero attached hydrogens (tertiary/aromatic N) is 5. The molecule has 0 N–H and O–H groups in total. The van der Waals surface area contributed by atoms with Crippen molar-refractivity contribution in [2.24, 2.45) is 0 Å². The van der Waals surface area contributed by atoms with Gasteiger partial charge in [0, 0.05) is 31.9 Å². The second-order valence-corrected chi connectivity index (χ2v) is 6.45. The zero-order valence-corrected chi connectivity index (χ0v) is 15.4. The van der Waals surface area contributed by atoms with E-state index in [-0.39, 0.29) is 11.1 Å². The molecule has 7 nitrogen and oxygen atoms in total. The van der Waals surface area contributed by atoms with E-state index in [1.54, 1.807) is 14.0 Å². The SMILES string of the molecule is COc1ccc(N2CCN(Cn3nc(C)c(C)c(C#N)c3=O)CC2)cc1. The molecule has 0 aliphatic carbocycles. The van der Waals surface area contributed by atoms with Crippen molar-refractivity contribution in [3.63, 3.8) is 0 Å². The van der Waals surface area contributed by atoms with Crippen LogP contribution in [0, 0.1) is 25.2 Å². The zero-order chi connectivity index (χ0) is 18.7. The van der Waals surface area contributed by atoms with Gasteiger partial charge in [0.25, 0.3) is 5.56 Å². The van der Waals surface area contributed by atoms with Gasteiger partial charge in [0.1, 0.15) is 17.4 Å². The molecule has 1 fully saturated rings. The minimum absolute atomic E-state index is 0.189. The van der Waals surface area contributed by atoms with E-state index < -0.39 is 0 Å². The zero-order valence-electron chi connectivity index (χ0n) is 15.4. The normalized spacial score (nSPS) is 14.9. The molecule has 0 bridgehead atoms. The maximum atomic E-state index is 12.4. The number of anilines is 1. The molecule has 1 aromatic carbocycles. The van der Waals surface area contributed by atoms with Gasteiger partial charge < -0.3 is 9.64 Å². The highest BCUT2D eigenvalue weighted by atomic mass is 16.5. The Labute approximate surface area is 153 Å². The number of aromatic nitrogens is 2. The van der Waals surface area contributed by atoms with Gasteiger partial charge in [-0.3, -0.25) is 9.69 Å². The Balaban J connectivity index is 1.67. The first-order valence-corrected chi connectivity index (χ1v) is 8.63. The third-order valence-corrected chi connectivity index (χ3v) is 4.89. The number of ether oxygens (including phenoxy) is 1. The summed E-state index contributed by atoms with van der Waals surface area (Å²) in [5, 5.41) is 13.6. The number of hydrogen-bond acceptors (Lipinski definition) is 6. The predicted octanol–water partition coefficient (Wildman–Crippen LogP) is 1.52. The molecule has 0 atom stereocenters. The molecule has 3 rings (SSSR count). The largest absolute Gasteiger partial charge is 0.497 e. The summed E-state index contributed by atoms with van der Waals surface area (Å²) in [6.45, 7) is 7.40. The van der Waals surface area contributed by atoms with Gasteiger partial charge in [0.05, 0.1) is 19.5 Å². The fraction of sp³-hybridized carbons (Fsp3) is 0.421. The van der Waals surface area contributed by atoms with Crippen molar-refractivity contribution >= 4 is 5.69 Å². The number of nitriles is 1. The average molecular weight is 353 g/mol. The number of benzene rings is 1. The molecular formula is C19H23N5O2. The monoisotopic (exact) mass is 353 g/mol. The van der Waals surface area contributed by atoms with E-state index in [9.17, 15) is 10.1 Å². The van der Waals surface area contributed by atoms with Crippen LogP contribution in [0.15, 0.2) is 29.1 Å². The molecule has 0 spiro atoms. The molecule has 0 saturated carbocycles. The molecule has 7 heteroatoms. The molecule has 1 aliphatic heterocycles. The van der Waals surface area contributed by atoms with Gasteiger partial charge in [0.2, 0.25) is 0 Å². The molecule has 1 aromatic heterocycles. The number of piperazine rings is 1. The minimum atomic E-state index is -0.312. The highest BCUT2D eigenvalue weighted by Gasteiger charge is 2.19. The molecule has 2 aromatic rings. The van der Waals surface area contributed by atoms with E-state index in [2.05, 4.69) is 27.0 Å². The van der Waals surface area contributed by atoms with Gasteiger partial charge in [-0.2, -0.15) is 10.4 Å². The van der Waals surface area contributed by atoms with Crippen LogP contribution in [0.3, 0.4) is 0 Å². The highest BCUT2D eigenvalue weighted by molar-refractivity contribution is 5.49.